The van der Waals surface area contributed by atoms with Gasteiger partial charge in [0, 0.05) is 32.0 Å². The number of aromatic nitrogens is 4. The van der Waals surface area contributed by atoms with Gasteiger partial charge in [-0.3, -0.25) is 9.58 Å². The van der Waals surface area contributed by atoms with Gasteiger partial charge < -0.3 is 9.84 Å². The SMILES string of the molecule is COc1c([C@H]2CCCN2C[C@H](O)Cn2cccn2)c(C)nn1C. The minimum atomic E-state index is -0.446. The summed E-state index contributed by atoms with van der Waals surface area (Å²) in [4.78, 5) is 2.33. The quantitative estimate of drug-likeness (QED) is 0.864. The number of likely N-dealkylation sites (tertiary alicyclic amines) is 1. The number of hydrogen-bond acceptors (Lipinski definition) is 5. The smallest absolute Gasteiger partial charge is 0.216 e. The predicted molar refractivity (Wildman–Crippen MR) is 86.3 cm³/mol. The fraction of sp³-hybridized carbons (Fsp3) is 0.625. The molecule has 1 fully saturated rings. The number of methoxy groups -OCH3 is 1. The lowest BCUT2D eigenvalue weighted by Gasteiger charge is -2.27. The molecule has 23 heavy (non-hydrogen) atoms. The van der Waals surface area contributed by atoms with Crippen molar-refractivity contribution in [3.8, 4) is 5.88 Å². The normalized spacial score (nSPS) is 20.1. The Morgan fingerprint density at radius 2 is 2.26 bits per heavy atom. The number of aryl methyl sites for hydroxylation is 2. The summed E-state index contributed by atoms with van der Waals surface area (Å²) in [5, 5.41) is 19.0. The summed E-state index contributed by atoms with van der Waals surface area (Å²) in [5.41, 5.74) is 2.15. The van der Waals surface area contributed by atoms with E-state index >= 15 is 0 Å². The molecule has 2 aromatic heterocycles. The van der Waals surface area contributed by atoms with Crippen molar-refractivity contribution < 1.29 is 9.84 Å². The van der Waals surface area contributed by atoms with Gasteiger partial charge in [-0.25, -0.2) is 4.68 Å². The summed E-state index contributed by atoms with van der Waals surface area (Å²) in [6.07, 6.45) is 5.35. The van der Waals surface area contributed by atoms with Crippen molar-refractivity contribution in [1.82, 2.24) is 24.5 Å². The highest BCUT2D eigenvalue weighted by Crippen LogP contribution is 2.38. The summed E-state index contributed by atoms with van der Waals surface area (Å²) >= 11 is 0. The highest BCUT2D eigenvalue weighted by atomic mass is 16.5. The van der Waals surface area contributed by atoms with Crippen LogP contribution < -0.4 is 4.74 Å². The van der Waals surface area contributed by atoms with E-state index in [0.717, 1.165) is 36.5 Å². The molecule has 2 atom stereocenters. The second kappa shape index (κ2) is 6.72. The molecular weight excluding hydrogens is 294 g/mol. The molecular formula is C16H25N5O2. The summed E-state index contributed by atoms with van der Waals surface area (Å²) in [7, 11) is 3.59. The number of β-amino-alcohol motifs (C(OH)–C–C–N with tert-alkyl or cyclic N) is 1. The molecule has 3 heterocycles. The van der Waals surface area contributed by atoms with Crippen LogP contribution in [0.25, 0.3) is 0 Å². The molecule has 0 saturated carbocycles. The standard InChI is InChI=1S/C16H25N5O2/c1-12-15(16(23-3)19(2)18-12)14-6-4-8-20(14)10-13(22)11-21-9-5-7-17-21/h5,7,9,13-14,22H,4,6,8,10-11H2,1-3H3/t13-,14+/m0/s1. The van der Waals surface area contributed by atoms with Gasteiger partial charge in [0.05, 0.1) is 31.0 Å². The summed E-state index contributed by atoms with van der Waals surface area (Å²) < 4.78 is 9.11. The van der Waals surface area contributed by atoms with Crippen molar-refractivity contribution in [2.45, 2.75) is 38.5 Å². The zero-order valence-electron chi connectivity index (χ0n) is 14.0. The monoisotopic (exact) mass is 319 g/mol. The topological polar surface area (TPSA) is 68.3 Å². The average Bonchev–Trinajstić information content (AvgIpc) is 3.20. The van der Waals surface area contributed by atoms with Crippen molar-refractivity contribution in [2.75, 3.05) is 20.2 Å². The van der Waals surface area contributed by atoms with Crippen molar-refractivity contribution >= 4 is 0 Å². The predicted octanol–water partition coefficient (Wildman–Crippen LogP) is 1.13. The summed E-state index contributed by atoms with van der Waals surface area (Å²) in [6.45, 7) is 4.15. The van der Waals surface area contributed by atoms with Crippen LogP contribution in [0.5, 0.6) is 5.88 Å². The van der Waals surface area contributed by atoms with Crippen molar-refractivity contribution in [2.24, 2.45) is 7.05 Å². The second-order valence-electron chi connectivity index (χ2n) is 6.17. The maximum atomic E-state index is 10.4. The van der Waals surface area contributed by atoms with Crippen LogP contribution in [-0.4, -0.2) is 55.9 Å². The number of aliphatic hydroxyl groups excluding tert-OH is 1. The first-order valence-corrected chi connectivity index (χ1v) is 8.07. The van der Waals surface area contributed by atoms with Gasteiger partial charge in [0.25, 0.3) is 0 Å². The first kappa shape index (κ1) is 16.0. The van der Waals surface area contributed by atoms with E-state index in [2.05, 4.69) is 15.1 Å². The van der Waals surface area contributed by atoms with Crippen LogP contribution in [0, 0.1) is 6.92 Å². The first-order valence-electron chi connectivity index (χ1n) is 8.07. The largest absolute Gasteiger partial charge is 0.481 e. The fourth-order valence-corrected chi connectivity index (χ4v) is 3.60. The summed E-state index contributed by atoms with van der Waals surface area (Å²) in [5.74, 6) is 0.820. The lowest BCUT2D eigenvalue weighted by molar-refractivity contribution is 0.0883. The fourth-order valence-electron chi connectivity index (χ4n) is 3.60. The maximum absolute atomic E-state index is 10.4. The van der Waals surface area contributed by atoms with E-state index in [1.54, 1.807) is 22.7 Å². The van der Waals surface area contributed by atoms with E-state index in [1.165, 1.54) is 0 Å². The van der Waals surface area contributed by atoms with Crippen LogP contribution in [0.1, 0.15) is 30.1 Å². The first-order chi connectivity index (χ1) is 11.1. The van der Waals surface area contributed by atoms with Gasteiger partial charge in [-0.05, 0) is 32.4 Å². The van der Waals surface area contributed by atoms with E-state index in [0.29, 0.717) is 13.1 Å². The van der Waals surface area contributed by atoms with Crippen LogP contribution in [0.3, 0.4) is 0 Å². The third kappa shape index (κ3) is 3.25. The molecule has 1 aliphatic heterocycles. The molecule has 126 valence electrons. The van der Waals surface area contributed by atoms with Crippen molar-refractivity contribution in [1.29, 1.82) is 0 Å². The van der Waals surface area contributed by atoms with Crippen LogP contribution in [-0.2, 0) is 13.6 Å². The maximum Gasteiger partial charge on any atom is 0.216 e. The molecule has 7 nitrogen and oxygen atoms in total. The lowest BCUT2D eigenvalue weighted by atomic mass is 10.0. The Bertz CT molecular complexity index is 637. The number of ether oxygens (including phenoxy) is 1. The molecule has 0 aromatic carbocycles. The van der Waals surface area contributed by atoms with Gasteiger partial charge in [0.2, 0.25) is 5.88 Å². The Labute approximate surface area is 136 Å². The Kier molecular flexibility index (Phi) is 4.68. The minimum Gasteiger partial charge on any atom is -0.481 e. The Morgan fingerprint density at radius 1 is 1.43 bits per heavy atom. The highest BCUT2D eigenvalue weighted by Gasteiger charge is 2.33. The Hall–Kier alpha value is -1.86. The molecule has 0 unspecified atom stereocenters. The third-order valence-electron chi connectivity index (χ3n) is 4.51. The van der Waals surface area contributed by atoms with Gasteiger partial charge in [-0.2, -0.15) is 10.2 Å². The molecule has 0 spiro atoms. The molecule has 3 rings (SSSR count). The van der Waals surface area contributed by atoms with E-state index in [-0.39, 0.29) is 6.04 Å². The molecule has 1 aliphatic rings. The molecule has 0 aliphatic carbocycles. The van der Waals surface area contributed by atoms with Gasteiger partial charge in [0.15, 0.2) is 0 Å². The van der Waals surface area contributed by atoms with Crippen molar-refractivity contribution in [3.63, 3.8) is 0 Å². The van der Waals surface area contributed by atoms with Crippen LogP contribution in [0.2, 0.25) is 0 Å². The molecule has 1 N–H and O–H groups in total. The average molecular weight is 319 g/mol. The van der Waals surface area contributed by atoms with Gasteiger partial charge >= 0.3 is 0 Å². The molecule has 0 amide bonds. The number of hydrogen-bond donors (Lipinski definition) is 1. The molecule has 2 aromatic rings. The summed E-state index contributed by atoms with van der Waals surface area (Å²) in [6, 6.07) is 2.13. The molecule has 0 bridgehead atoms. The van der Waals surface area contributed by atoms with Gasteiger partial charge in [0.1, 0.15) is 0 Å². The zero-order valence-corrected chi connectivity index (χ0v) is 14.0. The minimum absolute atomic E-state index is 0.255. The number of aliphatic hydroxyl groups is 1. The third-order valence-corrected chi connectivity index (χ3v) is 4.51. The van der Waals surface area contributed by atoms with Gasteiger partial charge in [-0.1, -0.05) is 0 Å². The van der Waals surface area contributed by atoms with E-state index < -0.39 is 6.10 Å². The van der Waals surface area contributed by atoms with Crippen molar-refractivity contribution in [3.05, 3.63) is 29.7 Å². The highest BCUT2D eigenvalue weighted by molar-refractivity contribution is 5.35. The number of rotatable bonds is 6. The molecule has 7 heteroatoms. The van der Waals surface area contributed by atoms with E-state index in [4.69, 9.17) is 4.74 Å². The van der Waals surface area contributed by atoms with Crippen LogP contribution in [0.4, 0.5) is 0 Å². The van der Waals surface area contributed by atoms with E-state index in [1.807, 2.05) is 26.2 Å². The number of nitrogens with zero attached hydrogens (tertiary/aromatic N) is 5. The molecule has 0 radical (unpaired) electrons. The zero-order chi connectivity index (χ0) is 16.4. The van der Waals surface area contributed by atoms with Crippen LogP contribution >= 0.6 is 0 Å². The van der Waals surface area contributed by atoms with E-state index in [9.17, 15) is 5.11 Å². The van der Waals surface area contributed by atoms with Crippen LogP contribution in [0.15, 0.2) is 18.5 Å². The Morgan fingerprint density at radius 3 is 2.96 bits per heavy atom. The molecule has 1 saturated heterocycles. The van der Waals surface area contributed by atoms with Gasteiger partial charge in [-0.15, -0.1) is 0 Å². The Balaban J connectivity index is 1.73. The lowest BCUT2D eigenvalue weighted by Crippen LogP contribution is -2.34. The second-order valence-corrected chi connectivity index (χ2v) is 6.17.